The lowest BCUT2D eigenvalue weighted by Crippen LogP contribution is -2.55. The van der Waals surface area contributed by atoms with Crippen molar-refractivity contribution in [2.75, 3.05) is 20.1 Å². The number of nitrogens with zero attached hydrogens (tertiary/aromatic N) is 2. The Hall–Kier alpha value is -3.54. The number of fused-ring (bicyclic) bond motifs is 1. The van der Waals surface area contributed by atoms with Crippen molar-refractivity contribution in [2.24, 2.45) is 5.73 Å². The first kappa shape index (κ1) is 28.5. The highest BCUT2D eigenvalue weighted by Crippen LogP contribution is 2.29. The predicted octanol–water partition coefficient (Wildman–Crippen LogP) is 1.79. The van der Waals surface area contributed by atoms with Gasteiger partial charge in [0, 0.05) is 25.2 Å². The number of hydrogen-bond acceptors (Lipinski definition) is 6. The van der Waals surface area contributed by atoms with Gasteiger partial charge in [0.05, 0.1) is 4.90 Å². The van der Waals surface area contributed by atoms with Crippen molar-refractivity contribution in [3.8, 4) is 0 Å². The monoisotopic (exact) mass is 553 g/mol. The van der Waals surface area contributed by atoms with Crippen LogP contribution in [0.4, 0.5) is 0 Å². The number of nitrogen functional groups attached to an aromatic ring is 1. The van der Waals surface area contributed by atoms with Crippen LogP contribution in [0.1, 0.15) is 41.2 Å². The molecule has 1 amide bonds. The Bertz CT molecular complexity index is 1450. The summed E-state index contributed by atoms with van der Waals surface area (Å²) >= 11 is 0. The van der Waals surface area contributed by atoms with E-state index in [-0.39, 0.29) is 30.1 Å². The number of benzene rings is 2. The number of nitrogens with two attached hydrogens (primary N) is 1. The number of likely N-dealkylation sites (N-methyl/N-ethyl adjacent to an activating group) is 1. The van der Waals surface area contributed by atoms with Crippen molar-refractivity contribution >= 4 is 27.7 Å². The van der Waals surface area contributed by atoms with Gasteiger partial charge in [0.25, 0.3) is 0 Å². The van der Waals surface area contributed by atoms with Crippen molar-refractivity contribution in [1.82, 2.24) is 14.5 Å². The second-order valence-electron chi connectivity index (χ2n) is 10.4. The zero-order valence-electron chi connectivity index (χ0n) is 22.4. The molecule has 4 rings (SSSR count). The molecule has 0 saturated carbocycles. The fraction of sp³-hybridized carbons (Fsp3) is 0.393. The summed E-state index contributed by atoms with van der Waals surface area (Å²) in [5, 5.41) is 17.6. The van der Waals surface area contributed by atoms with E-state index in [0.717, 1.165) is 29.7 Å². The predicted molar refractivity (Wildman–Crippen MR) is 148 cm³/mol. The zero-order valence-corrected chi connectivity index (χ0v) is 23.2. The Kier molecular flexibility index (Phi) is 8.24. The van der Waals surface area contributed by atoms with E-state index in [1.54, 1.807) is 42.5 Å². The minimum atomic E-state index is -4.17. The largest absolute Gasteiger partial charge is 0.480 e. The summed E-state index contributed by atoms with van der Waals surface area (Å²) in [6.07, 6.45) is 2.63. The van der Waals surface area contributed by atoms with Gasteiger partial charge in [-0.3, -0.25) is 10.2 Å². The van der Waals surface area contributed by atoms with Crippen LogP contribution in [0.25, 0.3) is 0 Å². The van der Waals surface area contributed by atoms with Crippen LogP contribution in [-0.4, -0.2) is 73.3 Å². The molecule has 2 atom stereocenters. The number of carboxylic acid groups (broad SMARTS) is 1. The number of hydrogen-bond donors (Lipinski definition) is 4. The summed E-state index contributed by atoms with van der Waals surface area (Å²) in [6, 6.07) is 7.67. The fourth-order valence-electron chi connectivity index (χ4n) is 5.29. The van der Waals surface area contributed by atoms with E-state index in [4.69, 9.17) is 11.1 Å². The maximum atomic E-state index is 13.9. The molecule has 0 spiro atoms. The van der Waals surface area contributed by atoms with Crippen LogP contribution in [0.15, 0.2) is 52.9 Å². The molecule has 1 unspecified atom stereocenters. The summed E-state index contributed by atoms with van der Waals surface area (Å²) in [5.41, 5.74) is 10.3. The Morgan fingerprint density at radius 3 is 2.64 bits per heavy atom. The van der Waals surface area contributed by atoms with E-state index < -0.39 is 34.0 Å². The molecule has 0 bridgehead atoms. The van der Waals surface area contributed by atoms with E-state index >= 15 is 0 Å². The molecule has 2 aromatic carbocycles. The molecule has 2 aromatic rings. The van der Waals surface area contributed by atoms with Crippen molar-refractivity contribution in [3.63, 3.8) is 0 Å². The second-order valence-corrected chi connectivity index (χ2v) is 12.1. The van der Waals surface area contributed by atoms with Crippen LogP contribution in [-0.2, 0) is 39.0 Å². The molecule has 5 N–H and O–H groups in total. The smallest absolute Gasteiger partial charge is 0.326 e. The molecular weight excluding hydrogens is 518 g/mol. The van der Waals surface area contributed by atoms with Gasteiger partial charge in [-0.2, -0.15) is 4.72 Å². The second kappa shape index (κ2) is 11.3. The van der Waals surface area contributed by atoms with Gasteiger partial charge in [-0.05, 0) is 74.5 Å². The quantitative estimate of drug-likeness (QED) is 0.220. The molecule has 2 heterocycles. The number of carbonyl (C=O) groups is 2. The highest BCUT2D eigenvalue weighted by molar-refractivity contribution is 7.89. The number of rotatable bonds is 8. The molecule has 2 aliphatic heterocycles. The van der Waals surface area contributed by atoms with Crippen LogP contribution in [0, 0.1) is 12.3 Å². The van der Waals surface area contributed by atoms with Gasteiger partial charge < -0.3 is 20.6 Å². The molecule has 0 aromatic heterocycles. The Labute approximate surface area is 229 Å². The van der Waals surface area contributed by atoms with Gasteiger partial charge >= 0.3 is 5.97 Å². The standard InChI is InChI=1S/C28H35N5O5S/c1-17-9-12-33(24(13-17)28(35)36)27(34)23(15-19-5-4-6-20(14-19)26(29)30)31-39(37,38)25-8-7-18(2)21-10-11-32(3)16-22(21)25/h4-9,14,23-24,31H,10-13,15-16H2,1-3H3,(H3,29,30)(H,35,36)/t23-,24?/m0/s1. The van der Waals surface area contributed by atoms with Gasteiger partial charge in [0.2, 0.25) is 15.9 Å². The van der Waals surface area contributed by atoms with Gasteiger partial charge in [0.15, 0.2) is 0 Å². The summed E-state index contributed by atoms with van der Waals surface area (Å²) in [6.45, 7) is 5.11. The topological polar surface area (TPSA) is 157 Å². The molecule has 0 saturated heterocycles. The summed E-state index contributed by atoms with van der Waals surface area (Å²) in [4.78, 5) is 29.3. The normalized spacial score (nSPS) is 18.7. The van der Waals surface area contributed by atoms with E-state index in [9.17, 15) is 23.1 Å². The first-order valence-corrected chi connectivity index (χ1v) is 14.3. The van der Waals surface area contributed by atoms with Gasteiger partial charge in [-0.15, -0.1) is 0 Å². The maximum Gasteiger partial charge on any atom is 0.326 e. The Morgan fingerprint density at radius 1 is 1.21 bits per heavy atom. The average Bonchev–Trinajstić information content (AvgIpc) is 2.87. The first-order chi connectivity index (χ1) is 18.4. The first-order valence-electron chi connectivity index (χ1n) is 12.8. The van der Waals surface area contributed by atoms with Crippen molar-refractivity contribution in [1.29, 1.82) is 5.41 Å². The molecule has 0 radical (unpaired) electrons. The highest BCUT2D eigenvalue weighted by Gasteiger charge is 2.38. The van der Waals surface area contributed by atoms with Crippen LogP contribution in [0.5, 0.6) is 0 Å². The number of amides is 1. The minimum Gasteiger partial charge on any atom is -0.480 e. The third-order valence-electron chi connectivity index (χ3n) is 7.45. The lowest BCUT2D eigenvalue weighted by Gasteiger charge is -2.35. The molecule has 39 heavy (non-hydrogen) atoms. The number of carboxylic acids is 1. The number of nitrogens with one attached hydrogen (secondary N) is 2. The van der Waals surface area contributed by atoms with Gasteiger partial charge in [-0.25, -0.2) is 13.2 Å². The summed E-state index contributed by atoms with van der Waals surface area (Å²) < 4.78 is 30.4. The molecule has 208 valence electrons. The van der Waals surface area contributed by atoms with Gasteiger partial charge in [-0.1, -0.05) is 35.9 Å². The number of carbonyl (C=O) groups excluding carboxylic acids is 1. The SMILES string of the molecule is CC1=CCN(C(=O)[C@H](Cc2cccc(C(=N)N)c2)NS(=O)(=O)c2ccc(C)c3c2CN(C)CC3)C(C(=O)O)C1. The van der Waals surface area contributed by atoms with E-state index in [0.29, 0.717) is 23.2 Å². The van der Waals surface area contributed by atoms with E-state index in [1.807, 2.05) is 20.9 Å². The van der Waals surface area contributed by atoms with Crippen molar-refractivity contribution in [3.05, 3.63) is 75.9 Å². The molecule has 10 nitrogen and oxygen atoms in total. The lowest BCUT2D eigenvalue weighted by atomic mass is 9.95. The molecule has 0 fully saturated rings. The number of aliphatic carboxylic acids is 1. The highest BCUT2D eigenvalue weighted by atomic mass is 32.2. The van der Waals surface area contributed by atoms with Crippen LogP contribution in [0.3, 0.4) is 0 Å². The molecular formula is C28H35N5O5S. The number of aryl methyl sites for hydroxylation is 1. The average molecular weight is 554 g/mol. The summed E-state index contributed by atoms with van der Waals surface area (Å²) in [7, 11) is -2.24. The minimum absolute atomic E-state index is 0.0430. The third-order valence-corrected chi connectivity index (χ3v) is 9.01. The molecule has 0 aliphatic carbocycles. The van der Waals surface area contributed by atoms with Crippen LogP contribution >= 0.6 is 0 Å². The van der Waals surface area contributed by atoms with Crippen LogP contribution in [0.2, 0.25) is 0 Å². The summed E-state index contributed by atoms with van der Waals surface area (Å²) in [5.74, 6) is -1.93. The Morgan fingerprint density at radius 2 is 1.95 bits per heavy atom. The van der Waals surface area contributed by atoms with E-state index in [1.165, 1.54) is 4.90 Å². The number of amidine groups is 1. The third kappa shape index (κ3) is 6.21. The fourth-order valence-corrected chi connectivity index (χ4v) is 6.73. The molecule has 11 heteroatoms. The lowest BCUT2D eigenvalue weighted by molar-refractivity contribution is -0.150. The van der Waals surface area contributed by atoms with Crippen molar-refractivity contribution < 1.29 is 23.1 Å². The molecule has 2 aliphatic rings. The van der Waals surface area contributed by atoms with Crippen molar-refractivity contribution in [2.45, 2.75) is 56.6 Å². The zero-order chi connectivity index (χ0) is 28.5. The van der Waals surface area contributed by atoms with E-state index in [2.05, 4.69) is 9.62 Å². The van der Waals surface area contributed by atoms with Crippen LogP contribution < -0.4 is 10.5 Å². The Balaban J connectivity index is 1.74. The number of sulfonamides is 1. The van der Waals surface area contributed by atoms with Gasteiger partial charge in [0.1, 0.15) is 17.9 Å². The maximum absolute atomic E-state index is 13.9.